The molecule has 130 valence electrons. The molecule has 0 aliphatic heterocycles. The van der Waals surface area contributed by atoms with Crippen LogP contribution >= 0.6 is 7.60 Å². The summed E-state index contributed by atoms with van der Waals surface area (Å²) < 4.78 is 49.7. The Kier molecular flexibility index (Phi) is 5.79. The quantitative estimate of drug-likeness (QED) is 0.616. The smallest absolute Gasteiger partial charge is 0.457 e. The fourth-order valence-corrected chi connectivity index (χ4v) is 3.46. The number of carboxylic acids is 1. The Bertz CT molecular complexity index is 802. The van der Waals surface area contributed by atoms with E-state index in [1.54, 1.807) is 0 Å². The summed E-state index contributed by atoms with van der Waals surface area (Å²) in [6.45, 7) is 1.37. The summed E-state index contributed by atoms with van der Waals surface area (Å²) >= 11 is 0. The van der Waals surface area contributed by atoms with Gasteiger partial charge in [0.25, 0.3) is 0 Å². The molecule has 0 bridgehead atoms. The lowest BCUT2D eigenvalue weighted by Gasteiger charge is -2.22. The predicted molar refractivity (Wildman–Crippen MR) is 86.5 cm³/mol. The second-order valence-electron chi connectivity index (χ2n) is 4.77. The van der Waals surface area contributed by atoms with E-state index in [9.17, 15) is 23.2 Å². The molecule has 0 aliphatic rings. The molecule has 0 heterocycles. The van der Waals surface area contributed by atoms with Crippen LogP contribution in [0, 0.1) is 23.5 Å². The molecule has 0 fully saturated rings. The van der Waals surface area contributed by atoms with Crippen LogP contribution in [-0.2, 0) is 9.36 Å². The topological polar surface area (TPSA) is 72.8 Å². The molecule has 25 heavy (non-hydrogen) atoms. The summed E-state index contributed by atoms with van der Waals surface area (Å²) in [5, 5.41) is 9.33. The third-order valence-electron chi connectivity index (χ3n) is 2.92. The second kappa shape index (κ2) is 7.82. The third-order valence-corrected chi connectivity index (χ3v) is 4.84. The molecule has 0 spiro atoms. The van der Waals surface area contributed by atoms with Gasteiger partial charge in [0.05, 0.1) is 0 Å². The highest BCUT2D eigenvalue weighted by molar-refractivity contribution is 7.57. The lowest BCUT2D eigenvalue weighted by molar-refractivity contribution is -0.135. The number of carbonyl (C=O) groups is 1. The van der Waals surface area contributed by atoms with Gasteiger partial charge < -0.3 is 14.2 Å². The van der Waals surface area contributed by atoms with Crippen LogP contribution in [0.5, 0.6) is 11.5 Å². The summed E-state index contributed by atoms with van der Waals surface area (Å²) in [6.07, 6.45) is 0. The zero-order valence-corrected chi connectivity index (χ0v) is 13.9. The van der Waals surface area contributed by atoms with Gasteiger partial charge in [0.15, 0.2) is 0 Å². The van der Waals surface area contributed by atoms with E-state index >= 15 is 0 Å². The second-order valence-corrected chi connectivity index (χ2v) is 6.73. The van der Waals surface area contributed by atoms with E-state index in [1.165, 1.54) is 31.2 Å². The van der Waals surface area contributed by atoms with Crippen LogP contribution in [0.1, 0.15) is 6.92 Å². The SMILES string of the molecule is CC#CC(C(=O)O)P(=O)(Oc1ccc(F)cc1)Oc1ccc(F)cc1. The highest BCUT2D eigenvalue weighted by Gasteiger charge is 2.44. The van der Waals surface area contributed by atoms with Gasteiger partial charge in [-0.2, -0.15) is 0 Å². The minimum atomic E-state index is -4.39. The van der Waals surface area contributed by atoms with Crippen molar-refractivity contribution in [1.82, 2.24) is 0 Å². The van der Waals surface area contributed by atoms with Crippen LogP contribution in [0.15, 0.2) is 48.5 Å². The van der Waals surface area contributed by atoms with Crippen molar-refractivity contribution in [2.24, 2.45) is 0 Å². The minimum absolute atomic E-state index is 0.0593. The first-order valence-corrected chi connectivity index (χ1v) is 8.60. The lowest BCUT2D eigenvalue weighted by Crippen LogP contribution is -2.24. The predicted octanol–water partition coefficient (Wildman–Crippen LogP) is 4.09. The first kappa shape index (κ1) is 18.5. The van der Waals surface area contributed by atoms with Gasteiger partial charge in [0.2, 0.25) is 5.66 Å². The van der Waals surface area contributed by atoms with Gasteiger partial charge in [0.1, 0.15) is 23.1 Å². The molecule has 5 nitrogen and oxygen atoms in total. The number of rotatable bonds is 6. The molecule has 0 radical (unpaired) electrons. The van der Waals surface area contributed by atoms with Crippen molar-refractivity contribution in [2.45, 2.75) is 12.6 Å². The molecular formula is C17H13F2O5P. The van der Waals surface area contributed by atoms with E-state index in [2.05, 4.69) is 11.8 Å². The van der Waals surface area contributed by atoms with E-state index in [0.717, 1.165) is 24.3 Å². The largest absolute Gasteiger partial charge is 0.480 e. The van der Waals surface area contributed by atoms with E-state index in [0.29, 0.717) is 0 Å². The number of carboxylic acid groups (broad SMARTS) is 1. The van der Waals surface area contributed by atoms with Crippen molar-refractivity contribution in [1.29, 1.82) is 0 Å². The Morgan fingerprint density at radius 2 is 1.40 bits per heavy atom. The Balaban J connectivity index is 2.42. The highest BCUT2D eigenvalue weighted by Crippen LogP contribution is 2.52. The van der Waals surface area contributed by atoms with E-state index in [1.807, 2.05) is 0 Å². The summed E-state index contributed by atoms with van der Waals surface area (Å²) in [6, 6.07) is 8.92. The molecule has 0 aromatic heterocycles. The van der Waals surface area contributed by atoms with Crippen LogP contribution < -0.4 is 9.05 Å². The molecule has 1 unspecified atom stereocenters. The Labute approximate surface area is 142 Å². The molecule has 0 aliphatic carbocycles. The maximum absolute atomic E-state index is 13.1. The Morgan fingerprint density at radius 1 is 1.00 bits per heavy atom. The number of halogens is 2. The molecule has 0 saturated carbocycles. The molecule has 2 aromatic carbocycles. The summed E-state index contributed by atoms with van der Waals surface area (Å²) in [5.41, 5.74) is -1.78. The van der Waals surface area contributed by atoms with Crippen LogP contribution in [0.2, 0.25) is 0 Å². The number of aliphatic carboxylic acids is 1. The van der Waals surface area contributed by atoms with Gasteiger partial charge in [0, 0.05) is 0 Å². The molecular weight excluding hydrogens is 353 g/mol. The van der Waals surface area contributed by atoms with Crippen molar-refractivity contribution in [3.8, 4) is 23.3 Å². The van der Waals surface area contributed by atoms with Crippen LogP contribution in [0.3, 0.4) is 0 Å². The van der Waals surface area contributed by atoms with Gasteiger partial charge in [-0.1, -0.05) is 5.92 Å². The molecule has 0 saturated heterocycles. The monoisotopic (exact) mass is 366 g/mol. The fourth-order valence-electron chi connectivity index (χ4n) is 1.82. The molecule has 8 heteroatoms. The molecule has 2 rings (SSSR count). The zero-order chi connectivity index (χ0) is 18.4. The summed E-state index contributed by atoms with van der Waals surface area (Å²) in [5.74, 6) is 1.90. The van der Waals surface area contributed by atoms with Gasteiger partial charge >= 0.3 is 13.6 Å². The maximum Gasteiger partial charge on any atom is 0.457 e. The Hall–Kier alpha value is -2.84. The number of hydrogen-bond donors (Lipinski definition) is 1. The van der Waals surface area contributed by atoms with E-state index in [-0.39, 0.29) is 11.5 Å². The highest BCUT2D eigenvalue weighted by atomic mass is 31.2. The fraction of sp³-hybridized carbons (Fsp3) is 0.118. The summed E-state index contributed by atoms with van der Waals surface area (Å²) in [4.78, 5) is 11.5. The molecule has 2 aromatic rings. The average molecular weight is 366 g/mol. The molecule has 0 amide bonds. The number of benzene rings is 2. The van der Waals surface area contributed by atoms with Crippen LogP contribution in [0.4, 0.5) is 8.78 Å². The van der Waals surface area contributed by atoms with Crippen LogP contribution in [-0.4, -0.2) is 16.7 Å². The first-order valence-electron chi connectivity index (χ1n) is 6.99. The third kappa shape index (κ3) is 4.82. The van der Waals surface area contributed by atoms with Gasteiger partial charge in [-0.05, 0) is 55.5 Å². The van der Waals surface area contributed by atoms with Gasteiger partial charge in [-0.25, -0.2) is 13.3 Å². The van der Waals surface area contributed by atoms with Crippen molar-refractivity contribution in [2.75, 3.05) is 0 Å². The van der Waals surface area contributed by atoms with Crippen LogP contribution in [0.25, 0.3) is 0 Å². The maximum atomic E-state index is 13.1. The van der Waals surface area contributed by atoms with E-state index in [4.69, 9.17) is 9.05 Å². The summed E-state index contributed by atoms with van der Waals surface area (Å²) in [7, 11) is -4.39. The number of hydrogen-bond acceptors (Lipinski definition) is 4. The molecule has 1 N–H and O–H groups in total. The first-order chi connectivity index (χ1) is 11.8. The van der Waals surface area contributed by atoms with Gasteiger partial charge in [-0.3, -0.25) is 4.79 Å². The normalized spacial score (nSPS) is 11.8. The van der Waals surface area contributed by atoms with Crippen molar-refractivity contribution < 1.29 is 32.3 Å². The van der Waals surface area contributed by atoms with Crippen molar-refractivity contribution in [3.05, 3.63) is 60.2 Å². The Morgan fingerprint density at radius 3 is 1.72 bits per heavy atom. The standard InChI is InChI=1S/C17H13F2O5P/c1-2-3-16(17(20)21)25(22,23-14-8-4-12(18)5-9-14)24-15-10-6-13(19)7-11-15/h4-11,16H,1H3,(H,20,21). The average Bonchev–Trinajstić information content (AvgIpc) is 2.56. The van der Waals surface area contributed by atoms with E-state index < -0.39 is 30.9 Å². The van der Waals surface area contributed by atoms with Gasteiger partial charge in [-0.15, -0.1) is 5.92 Å². The van der Waals surface area contributed by atoms with Crippen molar-refractivity contribution in [3.63, 3.8) is 0 Å². The van der Waals surface area contributed by atoms with Crippen molar-refractivity contribution >= 4 is 13.6 Å². The zero-order valence-electron chi connectivity index (χ0n) is 13.0. The lowest BCUT2D eigenvalue weighted by atomic mass is 10.3. The minimum Gasteiger partial charge on any atom is -0.480 e. The molecule has 1 atom stereocenters.